The summed E-state index contributed by atoms with van der Waals surface area (Å²) in [5, 5.41) is 1.09. The van der Waals surface area contributed by atoms with Gasteiger partial charge in [-0.3, -0.25) is 4.79 Å². The smallest absolute Gasteiger partial charge is 0.256 e. The number of carbonyl (C=O) groups is 1. The Morgan fingerprint density at radius 3 is 2.36 bits per heavy atom. The minimum atomic E-state index is 0.126. The fourth-order valence-electron chi connectivity index (χ4n) is 3.30. The Bertz CT molecular complexity index is 807. The Morgan fingerprint density at radius 2 is 1.64 bits per heavy atom. The summed E-state index contributed by atoms with van der Waals surface area (Å²) >= 11 is 0. The van der Waals surface area contributed by atoms with Gasteiger partial charge in [-0.05, 0) is 36.1 Å². The quantitative estimate of drug-likeness (QED) is 0.732. The zero-order chi connectivity index (χ0) is 14.9. The van der Waals surface area contributed by atoms with Crippen LogP contribution in [-0.4, -0.2) is 28.9 Å². The summed E-state index contributed by atoms with van der Waals surface area (Å²) in [6.07, 6.45) is 3.75. The summed E-state index contributed by atoms with van der Waals surface area (Å²) in [5.41, 5.74) is 4.45. The molecule has 3 nitrogen and oxygen atoms in total. The van der Waals surface area contributed by atoms with E-state index in [4.69, 9.17) is 0 Å². The third kappa shape index (κ3) is 2.19. The lowest BCUT2D eigenvalue weighted by Crippen LogP contribution is -2.33. The fraction of sp³-hybridized carbons (Fsp3) is 0.211. The highest BCUT2D eigenvalue weighted by Gasteiger charge is 2.21. The molecule has 0 bridgehead atoms. The summed E-state index contributed by atoms with van der Waals surface area (Å²) in [7, 11) is 0. The van der Waals surface area contributed by atoms with E-state index in [0.717, 1.165) is 42.4 Å². The summed E-state index contributed by atoms with van der Waals surface area (Å²) in [6.45, 7) is 1.57. The second-order valence-electron chi connectivity index (χ2n) is 5.81. The molecule has 22 heavy (non-hydrogen) atoms. The Kier molecular flexibility index (Phi) is 3.19. The Morgan fingerprint density at radius 1 is 0.909 bits per heavy atom. The van der Waals surface area contributed by atoms with E-state index in [1.54, 1.807) is 0 Å². The van der Waals surface area contributed by atoms with Crippen LogP contribution in [0.3, 0.4) is 0 Å². The van der Waals surface area contributed by atoms with Crippen molar-refractivity contribution in [2.24, 2.45) is 0 Å². The van der Waals surface area contributed by atoms with Crippen LogP contribution in [0.4, 0.5) is 0 Å². The van der Waals surface area contributed by atoms with Gasteiger partial charge in [0.15, 0.2) is 0 Å². The van der Waals surface area contributed by atoms with Crippen molar-refractivity contribution < 1.29 is 4.79 Å². The number of amides is 1. The van der Waals surface area contributed by atoms with Gasteiger partial charge in [-0.15, -0.1) is 0 Å². The molecular weight excluding hydrogens is 272 g/mol. The number of hydrogen-bond acceptors (Lipinski definition) is 1. The predicted octanol–water partition coefficient (Wildman–Crippen LogP) is 3.41. The maximum Gasteiger partial charge on any atom is 0.256 e. The molecule has 1 aliphatic heterocycles. The first-order valence-electron chi connectivity index (χ1n) is 7.75. The van der Waals surface area contributed by atoms with E-state index in [1.165, 1.54) is 11.1 Å². The van der Waals surface area contributed by atoms with Crippen LogP contribution in [0.1, 0.15) is 21.5 Å². The van der Waals surface area contributed by atoms with E-state index < -0.39 is 0 Å². The monoisotopic (exact) mass is 290 g/mol. The molecule has 0 saturated carbocycles. The van der Waals surface area contributed by atoms with E-state index in [9.17, 15) is 4.79 Å². The third-order valence-corrected chi connectivity index (χ3v) is 4.53. The molecule has 0 spiro atoms. The zero-order valence-electron chi connectivity index (χ0n) is 12.4. The number of rotatable bonds is 1. The van der Waals surface area contributed by atoms with E-state index >= 15 is 0 Å². The second-order valence-corrected chi connectivity index (χ2v) is 5.81. The molecule has 0 radical (unpaired) electrons. The van der Waals surface area contributed by atoms with Gasteiger partial charge in [0.1, 0.15) is 0 Å². The van der Waals surface area contributed by atoms with Gasteiger partial charge >= 0.3 is 0 Å². The number of aromatic nitrogens is 1. The lowest BCUT2D eigenvalue weighted by atomic mass is 10.0. The van der Waals surface area contributed by atoms with Crippen molar-refractivity contribution in [1.82, 2.24) is 9.88 Å². The fourth-order valence-corrected chi connectivity index (χ4v) is 3.30. The van der Waals surface area contributed by atoms with Gasteiger partial charge in [-0.2, -0.15) is 0 Å². The molecule has 1 aliphatic rings. The Balaban J connectivity index is 1.63. The number of H-pyrrole nitrogens is 1. The van der Waals surface area contributed by atoms with Crippen LogP contribution in [0.15, 0.2) is 54.7 Å². The van der Waals surface area contributed by atoms with E-state index in [0.29, 0.717) is 0 Å². The van der Waals surface area contributed by atoms with Crippen LogP contribution in [-0.2, 0) is 12.8 Å². The third-order valence-electron chi connectivity index (χ3n) is 4.53. The summed E-state index contributed by atoms with van der Waals surface area (Å²) < 4.78 is 0. The highest BCUT2D eigenvalue weighted by Crippen LogP contribution is 2.21. The van der Waals surface area contributed by atoms with Gasteiger partial charge in [-0.25, -0.2) is 0 Å². The predicted molar refractivity (Wildman–Crippen MR) is 88.1 cm³/mol. The molecule has 0 saturated heterocycles. The summed E-state index contributed by atoms with van der Waals surface area (Å²) in [5.74, 6) is 0.126. The maximum absolute atomic E-state index is 12.9. The van der Waals surface area contributed by atoms with Crippen molar-refractivity contribution in [3.05, 3.63) is 71.4 Å². The van der Waals surface area contributed by atoms with Crippen molar-refractivity contribution in [2.45, 2.75) is 12.8 Å². The first-order chi connectivity index (χ1) is 10.8. The van der Waals surface area contributed by atoms with Crippen molar-refractivity contribution in [2.75, 3.05) is 13.1 Å². The van der Waals surface area contributed by atoms with Gasteiger partial charge < -0.3 is 9.88 Å². The molecule has 1 aromatic heterocycles. The number of aromatic amines is 1. The number of carbonyl (C=O) groups excluding carboxylic acids is 1. The van der Waals surface area contributed by atoms with Gasteiger partial charge in [0, 0.05) is 24.7 Å². The molecule has 0 aliphatic carbocycles. The molecule has 2 heterocycles. The molecule has 110 valence electrons. The molecule has 1 amide bonds. The number of nitrogens with one attached hydrogen (secondary N) is 1. The number of hydrogen-bond donors (Lipinski definition) is 1. The van der Waals surface area contributed by atoms with E-state index in [2.05, 4.69) is 29.2 Å². The van der Waals surface area contributed by atoms with Gasteiger partial charge in [-0.1, -0.05) is 36.4 Å². The van der Waals surface area contributed by atoms with Crippen molar-refractivity contribution >= 4 is 16.8 Å². The van der Waals surface area contributed by atoms with Crippen LogP contribution in [0.2, 0.25) is 0 Å². The van der Waals surface area contributed by atoms with Crippen LogP contribution < -0.4 is 0 Å². The highest BCUT2D eigenvalue weighted by molar-refractivity contribution is 6.05. The first kappa shape index (κ1) is 13.1. The number of para-hydroxylation sites is 1. The lowest BCUT2D eigenvalue weighted by molar-refractivity contribution is 0.0765. The molecule has 3 aromatic rings. The highest BCUT2D eigenvalue weighted by atomic mass is 16.2. The summed E-state index contributed by atoms with van der Waals surface area (Å²) in [4.78, 5) is 18.1. The average molecular weight is 290 g/mol. The molecule has 4 rings (SSSR count). The largest absolute Gasteiger partial charge is 0.361 e. The number of fused-ring (bicyclic) bond motifs is 2. The summed E-state index contributed by atoms with van der Waals surface area (Å²) in [6, 6.07) is 16.4. The average Bonchev–Trinajstić information content (AvgIpc) is 2.93. The SMILES string of the molecule is O=C(c1cccc2cc[nH]c12)N1CCc2ccccc2CC1. The first-order valence-corrected chi connectivity index (χ1v) is 7.75. The van der Waals surface area contributed by atoms with Gasteiger partial charge in [0.25, 0.3) is 5.91 Å². The molecule has 0 atom stereocenters. The number of nitrogens with zero attached hydrogens (tertiary/aromatic N) is 1. The molecule has 0 fully saturated rings. The molecule has 1 N–H and O–H groups in total. The standard InChI is InChI=1S/C19H18N2O/c22-19(17-7-3-6-16-8-11-20-18(16)17)21-12-9-14-4-1-2-5-15(14)10-13-21/h1-8,11,20H,9-10,12-13H2. The molecule has 2 aromatic carbocycles. The molecule has 0 unspecified atom stereocenters. The molecular formula is C19H18N2O. The minimum Gasteiger partial charge on any atom is -0.361 e. The minimum absolute atomic E-state index is 0.126. The van der Waals surface area contributed by atoms with Crippen molar-refractivity contribution in [3.63, 3.8) is 0 Å². The molecule has 3 heteroatoms. The Labute approximate surface area is 129 Å². The van der Waals surface area contributed by atoms with Crippen LogP contribution >= 0.6 is 0 Å². The Hall–Kier alpha value is -2.55. The van der Waals surface area contributed by atoms with Crippen molar-refractivity contribution in [1.29, 1.82) is 0 Å². The van der Waals surface area contributed by atoms with Gasteiger partial charge in [0.05, 0.1) is 11.1 Å². The van der Waals surface area contributed by atoms with Crippen LogP contribution in [0.5, 0.6) is 0 Å². The lowest BCUT2D eigenvalue weighted by Gasteiger charge is -2.20. The maximum atomic E-state index is 12.9. The normalized spacial score (nSPS) is 14.6. The van der Waals surface area contributed by atoms with Crippen LogP contribution in [0.25, 0.3) is 10.9 Å². The van der Waals surface area contributed by atoms with Crippen molar-refractivity contribution in [3.8, 4) is 0 Å². The van der Waals surface area contributed by atoms with E-state index in [1.807, 2.05) is 35.4 Å². The van der Waals surface area contributed by atoms with Crippen LogP contribution in [0, 0.1) is 0 Å². The topological polar surface area (TPSA) is 36.1 Å². The van der Waals surface area contributed by atoms with E-state index in [-0.39, 0.29) is 5.91 Å². The number of benzene rings is 2. The van der Waals surface area contributed by atoms with Gasteiger partial charge in [0.2, 0.25) is 0 Å². The zero-order valence-corrected chi connectivity index (χ0v) is 12.4. The second kappa shape index (κ2) is 5.34.